The molecule has 19 heavy (non-hydrogen) atoms. The number of ether oxygens (including phenoxy) is 2. The number of hydrogen-bond donors (Lipinski definition) is 2. The monoisotopic (exact) mass is 264 g/mol. The van der Waals surface area contributed by atoms with Crippen LogP contribution in [0.5, 0.6) is 5.75 Å². The van der Waals surface area contributed by atoms with E-state index >= 15 is 0 Å². The molecular formula is C14H20N2O3. The number of benzene rings is 1. The van der Waals surface area contributed by atoms with Crippen molar-refractivity contribution in [3.8, 4) is 5.75 Å². The van der Waals surface area contributed by atoms with Gasteiger partial charge < -0.3 is 14.8 Å². The van der Waals surface area contributed by atoms with Crippen molar-refractivity contribution in [2.75, 3.05) is 18.4 Å². The summed E-state index contributed by atoms with van der Waals surface area (Å²) in [5, 5.41) is 5.82. The smallest absolute Gasteiger partial charge is 0.412 e. The highest BCUT2D eigenvalue weighted by molar-refractivity contribution is 5.84. The third-order valence-electron chi connectivity index (χ3n) is 2.55. The van der Waals surface area contributed by atoms with Crippen LogP contribution in [0.1, 0.15) is 20.8 Å². The summed E-state index contributed by atoms with van der Waals surface area (Å²) in [7, 11) is 0. The molecule has 1 aromatic rings. The highest BCUT2D eigenvalue weighted by atomic mass is 16.6. The normalized spacial score (nSPS) is 15.5. The molecule has 104 valence electrons. The Bertz CT molecular complexity index is 433. The Labute approximate surface area is 113 Å². The van der Waals surface area contributed by atoms with Crippen LogP contribution in [-0.4, -0.2) is 30.9 Å². The van der Waals surface area contributed by atoms with Crippen molar-refractivity contribution < 1.29 is 14.3 Å². The van der Waals surface area contributed by atoms with Crippen molar-refractivity contribution >= 4 is 11.8 Å². The third-order valence-corrected chi connectivity index (χ3v) is 2.55. The van der Waals surface area contributed by atoms with E-state index in [1.165, 1.54) is 0 Å². The first-order valence-electron chi connectivity index (χ1n) is 6.40. The molecule has 1 aliphatic heterocycles. The van der Waals surface area contributed by atoms with Crippen LogP contribution < -0.4 is 15.4 Å². The molecule has 1 fully saturated rings. The van der Waals surface area contributed by atoms with E-state index in [0.717, 1.165) is 18.8 Å². The van der Waals surface area contributed by atoms with Crippen LogP contribution in [0, 0.1) is 0 Å². The van der Waals surface area contributed by atoms with Crippen LogP contribution in [0.3, 0.4) is 0 Å². The summed E-state index contributed by atoms with van der Waals surface area (Å²) in [6.07, 6.45) is -0.200. The first-order valence-corrected chi connectivity index (χ1v) is 6.40. The zero-order chi connectivity index (χ0) is 13.9. The van der Waals surface area contributed by atoms with E-state index in [9.17, 15) is 4.79 Å². The molecule has 0 spiro atoms. The maximum Gasteiger partial charge on any atom is 0.412 e. The Kier molecular flexibility index (Phi) is 3.95. The highest BCUT2D eigenvalue weighted by Gasteiger charge is 2.18. The van der Waals surface area contributed by atoms with E-state index in [4.69, 9.17) is 9.47 Å². The van der Waals surface area contributed by atoms with E-state index in [1.54, 1.807) is 12.1 Å². The predicted molar refractivity (Wildman–Crippen MR) is 73.6 cm³/mol. The largest absolute Gasteiger partial charge is 0.488 e. The van der Waals surface area contributed by atoms with Crippen LogP contribution in [0.4, 0.5) is 10.5 Å². The molecule has 0 atom stereocenters. The molecular weight excluding hydrogens is 244 g/mol. The molecule has 1 aromatic carbocycles. The van der Waals surface area contributed by atoms with Gasteiger partial charge in [-0.15, -0.1) is 0 Å². The lowest BCUT2D eigenvalue weighted by molar-refractivity contribution is 0.0636. The number of anilines is 1. The molecule has 0 saturated carbocycles. The van der Waals surface area contributed by atoms with Crippen LogP contribution in [0.15, 0.2) is 24.3 Å². The molecule has 0 aromatic heterocycles. The van der Waals surface area contributed by atoms with Gasteiger partial charge >= 0.3 is 6.09 Å². The molecule has 2 N–H and O–H groups in total. The molecule has 1 heterocycles. The molecule has 5 heteroatoms. The fraction of sp³-hybridized carbons (Fsp3) is 0.500. The minimum atomic E-state index is -0.496. The van der Waals surface area contributed by atoms with Gasteiger partial charge in [0.1, 0.15) is 17.5 Å². The van der Waals surface area contributed by atoms with E-state index < -0.39 is 11.7 Å². The maximum absolute atomic E-state index is 11.6. The lowest BCUT2D eigenvalue weighted by Gasteiger charge is -2.27. The summed E-state index contributed by atoms with van der Waals surface area (Å²) in [6.45, 7) is 7.26. The summed E-state index contributed by atoms with van der Waals surface area (Å²) in [5.74, 6) is 0.807. The quantitative estimate of drug-likeness (QED) is 0.880. The average molecular weight is 264 g/mol. The predicted octanol–water partition coefficient (Wildman–Crippen LogP) is 2.38. The van der Waals surface area contributed by atoms with E-state index in [-0.39, 0.29) is 6.10 Å². The van der Waals surface area contributed by atoms with Gasteiger partial charge in [-0.2, -0.15) is 0 Å². The Hall–Kier alpha value is -1.75. The van der Waals surface area contributed by atoms with Crippen molar-refractivity contribution in [2.45, 2.75) is 32.5 Å². The van der Waals surface area contributed by atoms with Crippen molar-refractivity contribution in [1.82, 2.24) is 5.32 Å². The first-order chi connectivity index (χ1) is 8.92. The number of rotatable bonds is 3. The molecule has 0 radical (unpaired) electrons. The first kappa shape index (κ1) is 13.7. The van der Waals surface area contributed by atoms with Gasteiger partial charge in [0.15, 0.2) is 0 Å². The molecule has 2 rings (SSSR count). The summed E-state index contributed by atoms with van der Waals surface area (Å²) in [5.41, 5.74) is 0.193. The summed E-state index contributed by atoms with van der Waals surface area (Å²) in [4.78, 5) is 11.6. The van der Waals surface area contributed by atoms with E-state index in [0.29, 0.717) is 5.69 Å². The van der Waals surface area contributed by atoms with Gasteiger partial charge in [0, 0.05) is 18.8 Å². The van der Waals surface area contributed by atoms with Gasteiger partial charge in [-0.25, -0.2) is 4.79 Å². The van der Waals surface area contributed by atoms with Gasteiger partial charge in [0.25, 0.3) is 0 Å². The van der Waals surface area contributed by atoms with Gasteiger partial charge in [0.2, 0.25) is 0 Å². The topological polar surface area (TPSA) is 59.6 Å². The summed E-state index contributed by atoms with van der Waals surface area (Å²) < 4.78 is 10.9. The Morgan fingerprint density at radius 1 is 1.26 bits per heavy atom. The standard InChI is InChI=1S/C14H20N2O3/c1-14(2,3)19-13(17)16-10-4-6-11(7-5-10)18-12-8-15-9-12/h4-7,12,15H,8-9H2,1-3H3,(H,16,17). The lowest BCUT2D eigenvalue weighted by Crippen LogP contribution is -2.50. The Morgan fingerprint density at radius 3 is 2.37 bits per heavy atom. The Balaban J connectivity index is 1.85. The number of hydrogen-bond acceptors (Lipinski definition) is 4. The van der Waals surface area contributed by atoms with Crippen LogP contribution >= 0.6 is 0 Å². The molecule has 0 unspecified atom stereocenters. The van der Waals surface area contributed by atoms with Crippen LogP contribution in [0.25, 0.3) is 0 Å². The second kappa shape index (κ2) is 5.48. The van der Waals surface area contributed by atoms with Crippen molar-refractivity contribution in [1.29, 1.82) is 0 Å². The lowest BCUT2D eigenvalue weighted by atomic mass is 10.2. The fourth-order valence-electron chi connectivity index (χ4n) is 1.58. The average Bonchev–Trinajstić information content (AvgIpc) is 2.23. The van der Waals surface area contributed by atoms with Crippen LogP contribution in [-0.2, 0) is 4.74 Å². The Morgan fingerprint density at radius 2 is 1.89 bits per heavy atom. The molecule has 1 amide bonds. The minimum absolute atomic E-state index is 0.254. The van der Waals surface area contributed by atoms with Crippen molar-refractivity contribution in [3.05, 3.63) is 24.3 Å². The molecule has 0 aliphatic carbocycles. The van der Waals surface area contributed by atoms with Crippen molar-refractivity contribution in [2.24, 2.45) is 0 Å². The van der Waals surface area contributed by atoms with E-state index in [1.807, 2.05) is 32.9 Å². The zero-order valence-electron chi connectivity index (χ0n) is 11.5. The summed E-state index contributed by atoms with van der Waals surface area (Å²) in [6, 6.07) is 7.27. The number of amides is 1. The highest BCUT2D eigenvalue weighted by Crippen LogP contribution is 2.18. The van der Waals surface area contributed by atoms with Crippen molar-refractivity contribution in [3.63, 3.8) is 0 Å². The van der Waals surface area contributed by atoms with Crippen LogP contribution in [0.2, 0.25) is 0 Å². The second-order valence-corrected chi connectivity index (χ2v) is 5.55. The van der Waals surface area contributed by atoms with Gasteiger partial charge in [-0.1, -0.05) is 0 Å². The number of carbonyl (C=O) groups excluding carboxylic acids is 1. The second-order valence-electron chi connectivity index (χ2n) is 5.55. The third kappa shape index (κ3) is 4.44. The fourth-order valence-corrected chi connectivity index (χ4v) is 1.58. The number of nitrogens with one attached hydrogen (secondary N) is 2. The maximum atomic E-state index is 11.6. The summed E-state index contributed by atoms with van der Waals surface area (Å²) >= 11 is 0. The minimum Gasteiger partial charge on any atom is -0.488 e. The van der Waals surface area contributed by atoms with Gasteiger partial charge in [-0.3, -0.25) is 5.32 Å². The molecule has 1 aliphatic rings. The molecule has 0 bridgehead atoms. The van der Waals surface area contributed by atoms with Gasteiger partial charge in [-0.05, 0) is 45.0 Å². The molecule has 5 nitrogen and oxygen atoms in total. The zero-order valence-corrected chi connectivity index (χ0v) is 11.5. The van der Waals surface area contributed by atoms with E-state index in [2.05, 4.69) is 10.6 Å². The number of carbonyl (C=O) groups is 1. The SMILES string of the molecule is CC(C)(C)OC(=O)Nc1ccc(OC2CNC2)cc1. The molecule has 1 saturated heterocycles. The van der Waals surface area contributed by atoms with Gasteiger partial charge in [0.05, 0.1) is 0 Å².